The van der Waals surface area contributed by atoms with Crippen LogP contribution in [0.3, 0.4) is 0 Å². The van der Waals surface area contributed by atoms with Crippen LogP contribution in [0.4, 0.5) is 0 Å². The van der Waals surface area contributed by atoms with Crippen molar-refractivity contribution in [3.8, 4) is 0 Å². The number of carbonyl (C=O) groups excluding carboxylic acids is 1. The topological polar surface area (TPSA) is 68.0 Å². The molecule has 1 aliphatic rings. The number of aryl methyl sites for hydroxylation is 2. The molecule has 0 bridgehead atoms. The Bertz CT molecular complexity index is 443. The summed E-state index contributed by atoms with van der Waals surface area (Å²) in [5.41, 5.74) is 6.97. The Labute approximate surface area is 112 Å². The normalized spacial score (nSPS) is 25.1. The van der Waals surface area contributed by atoms with Crippen molar-refractivity contribution in [3.63, 3.8) is 0 Å². The molecule has 3 N–H and O–H groups in total. The number of thiazole rings is 1. The average Bonchev–Trinajstić information content (AvgIpc) is 2.84. The highest BCUT2D eigenvalue weighted by atomic mass is 32.1. The number of nitrogens with two attached hydrogens (primary N) is 1. The fraction of sp³-hybridized carbons (Fsp3) is 0.692. The first kappa shape index (κ1) is 13.5. The van der Waals surface area contributed by atoms with Crippen LogP contribution in [0.15, 0.2) is 0 Å². The number of nitrogens with one attached hydrogen (secondary N) is 1. The van der Waals surface area contributed by atoms with Gasteiger partial charge in [0.1, 0.15) is 0 Å². The molecule has 0 spiro atoms. The van der Waals surface area contributed by atoms with Crippen LogP contribution in [0, 0.1) is 19.8 Å². The quantitative estimate of drug-likeness (QED) is 0.881. The first-order chi connectivity index (χ1) is 8.49. The van der Waals surface area contributed by atoms with E-state index in [2.05, 4.69) is 10.3 Å². The van der Waals surface area contributed by atoms with Crippen molar-refractivity contribution in [2.24, 2.45) is 11.7 Å². The van der Waals surface area contributed by atoms with Gasteiger partial charge in [0.2, 0.25) is 5.91 Å². The van der Waals surface area contributed by atoms with E-state index >= 15 is 0 Å². The Hall–Kier alpha value is -0.940. The fourth-order valence-corrected chi connectivity index (χ4v) is 3.58. The first-order valence-corrected chi connectivity index (χ1v) is 7.30. The molecule has 1 aliphatic carbocycles. The van der Waals surface area contributed by atoms with Gasteiger partial charge in [-0.25, -0.2) is 4.98 Å². The van der Waals surface area contributed by atoms with Crippen molar-refractivity contribution in [1.82, 2.24) is 10.3 Å². The monoisotopic (exact) mass is 267 g/mol. The lowest BCUT2D eigenvalue weighted by molar-refractivity contribution is -0.125. The third kappa shape index (κ3) is 2.72. The Kier molecular flexibility index (Phi) is 4.02. The lowest BCUT2D eigenvalue weighted by Crippen LogP contribution is -2.39. The number of aromatic nitrogens is 1. The van der Waals surface area contributed by atoms with Gasteiger partial charge in [-0.05, 0) is 33.6 Å². The Balaban J connectivity index is 2.01. The van der Waals surface area contributed by atoms with E-state index in [0.717, 1.165) is 34.8 Å². The molecule has 1 fully saturated rings. The van der Waals surface area contributed by atoms with Crippen LogP contribution in [0.2, 0.25) is 0 Å². The summed E-state index contributed by atoms with van der Waals surface area (Å²) in [6, 6.07) is 0.0537. The average molecular weight is 267 g/mol. The number of hydrogen-bond acceptors (Lipinski definition) is 4. The predicted octanol–water partition coefficient (Wildman–Crippen LogP) is 2.06. The van der Waals surface area contributed by atoms with E-state index in [1.807, 2.05) is 20.8 Å². The molecule has 0 aliphatic heterocycles. The van der Waals surface area contributed by atoms with Crippen molar-refractivity contribution in [1.29, 1.82) is 0 Å². The van der Waals surface area contributed by atoms with Crippen LogP contribution in [-0.4, -0.2) is 16.9 Å². The largest absolute Gasteiger partial charge is 0.348 e. The molecule has 0 saturated heterocycles. The van der Waals surface area contributed by atoms with Crippen molar-refractivity contribution in [2.75, 3.05) is 0 Å². The summed E-state index contributed by atoms with van der Waals surface area (Å²) in [5, 5.41) is 4.12. The summed E-state index contributed by atoms with van der Waals surface area (Å²) in [4.78, 5) is 17.7. The standard InChI is InChI=1S/C13H21N3OS/c1-7-12(18-9(3)15-7)8(2)16-13(17)10-5-4-6-11(10)14/h8,10-11H,4-6,14H2,1-3H3,(H,16,17). The summed E-state index contributed by atoms with van der Waals surface area (Å²) in [7, 11) is 0. The molecule has 1 heterocycles. The van der Waals surface area contributed by atoms with E-state index in [0.29, 0.717) is 0 Å². The van der Waals surface area contributed by atoms with Crippen LogP contribution in [0.1, 0.15) is 47.8 Å². The maximum atomic E-state index is 12.2. The van der Waals surface area contributed by atoms with Crippen molar-refractivity contribution in [2.45, 2.75) is 52.1 Å². The zero-order valence-corrected chi connectivity index (χ0v) is 12.0. The zero-order chi connectivity index (χ0) is 13.3. The Morgan fingerprint density at radius 1 is 1.50 bits per heavy atom. The van der Waals surface area contributed by atoms with Gasteiger partial charge in [-0.3, -0.25) is 4.79 Å². The molecule has 0 radical (unpaired) electrons. The zero-order valence-electron chi connectivity index (χ0n) is 11.2. The van der Waals surface area contributed by atoms with E-state index in [1.54, 1.807) is 11.3 Å². The van der Waals surface area contributed by atoms with Gasteiger partial charge >= 0.3 is 0 Å². The third-order valence-corrected chi connectivity index (χ3v) is 4.85. The number of hydrogen-bond donors (Lipinski definition) is 2. The van der Waals surface area contributed by atoms with Crippen LogP contribution >= 0.6 is 11.3 Å². The van der Waals surface area contributed by atoms with Gasteiger partial charge in [0.05, 0.1) is 22.7 Å². The smallest absolute Gasteiger partial charge is 0.225 e. The Morgan fingerprint density at radius 2 is 2.22 bits per heavy atom. The molecule has 18 heavy (non-hydrogen) atoms. The lowest BCUT2D eigenvalue weighted by atomic mass is 10.0. The van der Waals surface area contributed by atoms with Crippen LogP contribution in [0.25, 0.3) is 0 Å². The van der Waals surface area contributed by atoms with Crippen molar-refractivity contribution >= 4 is 17.2 Å². The minimum absolute atomic E-state index is 0.0122. The highest BCUT2D eigenvalue weighted by Gasteiger charge is 2.31. The lowest BCUT2D eigenvalue weighted by Gasteiger charge is -2.19. The maximum Gasteiger partial charge on any atom is 0.225 e. The second-order valence-corrected chi connectivity index (χ2v) is 6.35. The SMILES string of the molecule is Cc1nc(C)c(C(C)NC(=O)C2CCCC2N)s1. The Morgan fingerprint density at radius 3 is 2.72 bits per heavy atom. The van der Waals surface area contributed by atoms with E-state index in [9.17, 15) is 4.79 Å². The predicted molar refractivity (Wildman–Crippen MR) is 73.5 cm³/mol. The molecule has 100 valence electrons. The highest BCUT2D eigenvalue weighted by molar-refractivity contribution is 7.11. The molecule has 1 aromatic rings. The molecule has 1 aromatic heterocycles. The summed E-state index contributed by atoms with van der Waals surface area (Å²) in [5.74, 6) is 0.0831. The van der Waals surface area contributed by atoms with Crippen LogP contribution in [0.5, 0.6) is 0 Å². The summed E-state index contributed by atoms with van der Waals surface area (Å²) in [6.45, 7) is 5.99. The first-order valence-electron chi connectivity index (χ1n) is 6.49. The summed E-state index contributed by atoms with van der Waals surface area (Å²) >= 11 is 1.65. The van der Waals surface area contributed by atoms with Gasteiger partial charge in [-0.1, -0.05) is 6.42 Å². The molecule has 3 atom stereocenters. The van der Waals surface area contributed by atoms with Crippen LogP contribution < -0.4 is 11.1 Å². The van der Waals surface area contributed by atoms with Crippen molar-refractivity contribution < 1.29 is 4.79 Å². The van der Waals surface area contributed by atoms with E-state index in [-0.39, 0.29) is 23.9 Å². The van der Waals surface area contributed by atoms with E-state index < -0.39 is 0 Å². The molecule has 4 nitrogen and oxygen atoms in total. The molecule has 3 unspecified atom stereocenters. The molecule has 2 rings (SSSR count). The van der Waals surface area contributed by atoms with Gasteiger partial charge < -0.3 is 11.1 Å². The number of rotatable bonds is 3. The van der Waals surface area contributed by atoms with E-state index in [4.69, 9.17) is 5.73 Å². The molecule has 0 aromatic carbocycles. The molecule has 5 heteroatoms. The molecule has 1 saturated carbocycles. The minimum Gasteiger partial charge on any atom is -0.348 e. The van der Waals surface area contributed by atoms with Gasteiger partial charge in [0.15, 0.2) is 0 Å². The second-order valence-electron chi connectivity index (χ2n) is 5.11. The maximum absolute atomic E-state index is 12.2. The van der Waals surface area contributed by atoms with Gasteiger partial charge in [-0.2, -0.15) is 0 Å². The van der Waals surface area contributed by atoms with Gasteiger partial charge in [0, 0.05) is 10.9 Å². The number of nitrogens with zero attached hydrogens (tertiary/aromatic N) is 1. The van der Waals surface area contributed by atoms with Crippen molar-refractivity contribution in [3.05, 3.63) is 15.6 Å². The second kappa shape index (κ2) is 5.36. The van der Waals surface area contributed by atoms with E-state index in [1.165, 1.54) is 0 Å². The highest BCUT2D eigenvalue weighted by Crippen LogP contribution is 2.27. The van der Waals surface area contributed by atoms with Crippen LogP contribution in [-0.2, 0) is 4.79 Å². The number of amides is 1. The molecule has 1 amide bonds. The van der Waals surface area contributed by atoms with Gasteiger partial charge in [-0.15, -0.1) is 11.3 Å². The molecular formula is C13H21N3OS. The fourth-order valence-electron chi connectivity index (χ4n) is 2.65. The third-order valence-electron chi connectivity index (χ3n) is 3.60. The van der Waals surface area contributed by atoms with Gasteiger partial charge in [0.25, 0.3) is 0 Å². The summed E-state index contributed by atoms with van der Waals surface area (Å²) in [6.07, 6.45) is 2.94. The molecular weight excluding hydrogens is 246 g/mol. The number of carbonyl (C=O) groups is 1. The minimum atomic E-state index is -0.0122. The summed E-state index contributed by atoms with van der Waals surface area (Å²) < 4.78 is 0.